The molecule has 1 amide bonds. The molecule has 1 aromatic rings. The van der Waals surface area contributed by atoms with E-state index in [-0.39, 0.29) is 13.0 Å². The molecule has 0 aliphatic rings. The van der Waals surface area contributed by atoms with Gasteiger partial charge in [-0.3, -0.25) is 4.79 Å². The highest BCUT2D eigenvalue weighted by atomic mass is 127. The molecule has 0 unspecified atom stereocenters. The number of amides is 1. The molecule has 1 atom stereocenters. The third-order valence-electron chi connectivity index (χ3n) is 1.85. The van der Waals surface area contributed by atoms with Gasteiger partial charge in [-0.15, -0.1) is 11.3 Å². The fourth-order valence-electron chi connectivity index (χ4n) is 1.06. The lowest BCUT2D eigenvalue weighted by molar-refractivity contribution is -0.139. The van der Waals surface area contributed by atoms with Gasteiger partial charge in [0.1, 0.15) is 6.04 Å². The highest BCUT2D eigenvalue weighted by Crippen LogP contribution is 2.16. The summed E-state index contributed by atoms with van der Waals surface area (Å²) >= 11 is 3.49. The summed E-state index contributed by atoms with van der Waals surface area (Å²) in [5.41, 5.74) is 0.443. The van der Waals surface area contributed by atoms with Crippen molar-refractivity contribution in [1.82, 2.24) is 5.32 Å². The van der Waals surface area contributed by atoms with Crippen molar-refractivity contribution in [3.63, 3.8) is 0 Å². The van der Waals surface area contributed by atoms with Gasteiger partial charge in [-0.25, -0.2) is 4.79 Å². The van der Waals surface area contributed by atoms with Crippen molar-refractivity contribution in [3.05, 3.63) is 19.9 Å². The second kappa shape index (κ2) is 6.16. The van der Waals surface area contributed by atoms with E-state index < -0.39 is 17.9 Å². The first-order chi connectivity index (χ1) is 7.54. The Labute approximate surface area is 110 Å². The Morgan fingerprint density at radius 3 is 2.69 bits per heavy atom. The quantitative estimate of drug-likeness (QED) is 0.686. The van der Waals surface area contributed by atoms with Crippen LogP contribution < -0.4 is 5.32 Å². The molecular weight excluding hydrogens is 345 g/mol. The summed E-state index contributed by atoms with van der Waals surface area (Å²) in [4.78, 5) is 22.3. The lowest BCUT2D eigenvalue weighted by atomic mass is 10.2. The SMILES string of the molecule is O=C(N[C@@H](CCO)C(=O)O)c1csc(I)c1. The minimum atomic E-state index is -1.15. The van der Waals surface area contributed by atoms with E-state index >= 15 is 0 Å². The second-order valence-electron chi connectivity index (χ2n) is 3.02. The first kappa shape index (κ1) is 13.4. The summed E-state index contributed by atoms with van der Waals surface area (Å²) in [6.45, 7) is -0.279. The first-order valence-electron chi connectivity index (χ1n) is 4.43. The molecule has 88 valence electrons. The number of aliphatic hydroxyl groups excluding tert-OH is 1. The van der Waals surface area contributed by atoms with E-state index in [0.717, 1.165) is 2.88 Å². The number of hydrogen-bond donors (Lipinski definition) is 3. The second-order valence-corrected chi connectivity index (χ2v) is 5.82. The summed E-state index contributed by atoms with van der Waals surface area (Å²) in [6.07, 6.45) is 0.00228. The maximum absolute atomic E-state index is 11.6. The van der Waals surface area contributed by atoms with E-state index in [9.17, 15) is 9.59 Å². The van der Waals surface area contributed by atoms with E-state index in [1.54, 1.807) is 11.4 Å². The number of carboxylic acids is 1. The predicted molar refractivity (Wildman–Crippen MR) is 67.6 cm³/mol. The highest BCUT2D eigenvalue weighted by Gasteiger charge is 2.20. The van der Waals surface area contributed by atoms with Gasteiger partial charge < -0.3 is 15.5 Å². The number of rotatable bonds is 5. The molecule has 3 N–H and O–H groups in total. The van der Waals surface area contributed by atoms with Gasteiger partial charge >= 0.3 is 5.97 Å². The van der Waals surface area contributed by atoms with Crippen LogP contribution in [0.1, 0.15) is 16.8 Å². The Morgan fingerprint density at radius 2 is 2.25 bits per heavy atom. The fourth-order valence-corrected chi connectivity index (χ4v) is 2.38. The number of carbonyl (C=O) groups excluding carboxylic acids is 1. The van der Waals surface area contributed by atoms with Crippen molar-refractivity contribution in [1.29, 1.82) is 0 Å². The van der Waals surface area contributed by atoms with Gasteiger partial charge in [0, 0.05) is 18.4 Å². The molecule has 0 aliphatic heterocycles. The van der Waals surface area contributed by atoms with Crippen LogP contribution in [0.4, 0.5) is 0 Å². The smallest absolute Gasteiger partial charge is 0.326 e. The maximum Gasteiger partial charge on any atom is 0.326 e. The predicted octanol–water partition coefficient (Wildman–Crippen LogP) is 0.918. The molecule has 0 fully saturated rings. The van der Waals surface area contributed by atoms with Gasteiger partial charge in [0.05, 0.1) is 8.45 Å². The maximum atomic E-state index is 11.6. The number of nitrogens with one attached hydrogen (secondary N) is 1. The Bertz CT molecular complexity index is 393. The Hall–Kier alpha value is -0.670. The number of aliphatic carboxylic acids is 1. The van der Waals surface area contributed by atoms with Gasteiger partial charge in [-0.05, 0) is 28.7 Å². The molecule has 0 saturated heterocycles. The zero-order valence-corrected chi connectivity index (χ0v) is 11.1. The molecule has 1 heterocycles. The molecule has 0 aliphatic carbocycles. The van der Waals surface area contributed by atoms with E-state index in [2.05, 4.69) is 27.9 Å². The Kier molecular flexibility index (Phi) is 5.16. The number of carbonyl (C=O) groups is 2. The number of hydrogen-bond acceptors (Lipinski definition) is 4. The molecule has 5 nitrogen and oxygen atoms in total. The van der Waals surface area contributed by atoms with Crippen LogP contribution in [0, 0.1) is 2.88 Å². The summed E-state index contributed by atoms with van der Waals surface area (Å²) < 4.78 is 0.955. The van der Waals surface area contributed by atoms with Crippen molar-refractivity contribution in [2.24, 2.45) is 0 Å². The number of carboxylic acid groups (broad SMARTS) is 1. The Morgan fingerprint density at radius 1 is 1.56 bits per heavy atom. The lowest BCUT2D eigenvalue weighted by Gasteiger charge is -2.12. The molecular formula is C9H10INO4S. The van der Waals surface area contributed by atoms with E-state index in [4.69, 9.17) is 10.2 Å². The van der Waals surface area contributed by atoms with Crippen molar-refractivity contribution >= 4 is 45.8 Å². The van der Waals surface area contributed by atoms with Crippen LogP contribution in [0.3, 0.4) is 0 Å². The van der Waals surface area contributed by atoms with Crippen LogP contribution in [0.2, 0.25) is 0 Å². The normalized spacial score (nSPS) is 12.1. The molecule has 16 heavy (non-hydrogen) atoms. The molecule has 0 spiro atoms. The topological polar surface area (TPSA) is 86.6 Å². The van der Waals surface area contributed by atoms with Crippen LogP contribution in [0.25, 0.3) is 0 Å². The van der Waals surface area contributed by atoms with E-state index in [0.29, 0.717) is 5.56 Å². The standard InChI is InChI=1S/C9H10INO4S/c10-7-3-5(4-16-7)8(13)11-6(1-2-12)9(14)15/h3-4,6,12H,1-2H2,(H,11,13)(H,14,15)/t6-/m0/s1. The van der Waals surface area contributed by atoms with Crippen molar-refractivity contribution in [2.75, 3.05) is 6.61 Å². The van der Waals surface area contributed by atoms with Crippen molar-refractivity contribution in [2.45, 2.75) is 12.5 Å². The fraction of sp³-hybridized carbons (Fsp3) is 0.333. The van der Waals surface area contributed by atoms with Gasteiger partial charge in [-0.1, -0.05) is 0 Å². The molecule has 0 bridgehead atoms. The summed E-state index contributed by atoms with van der Waals surface area (Å²) in [6, 6.07) is 0.633. The summed E-state index contributed by atoms with van der Waals surface area (Å²) in [7, 11) is 0. The van der Waals surface area contributed by atoms with Gasteiger partial charge in [0.2, 0.25) is 0 Å². The van der Waals surface area contributed by atoms with Crippen molar-refractivity contribution < 1.29 is 19.8 Å². The van der Waals surface area contributed by atoms with Crippen LogP contribution in [0.15, 0.2) is 11.4 Å². The van der Waals surface area contributed by atoms with Gasteiger partial charge in [-0.2, -0.15) is 0 Å². The average molecular weight is 355 g/mol. The molecule has 1 rings (SSSR count). The van der Waals surface area contributed by atoms with Crippen LogP contribution in [0.5, 0.6) is 0 Å². The largest absolute Gasteiger partial charge is 0.480 e. The van der Waals surface area contributed by atoms with E-state index in [1.807, 2.05) is 0 Å². The summed E-state index contributed by atoms with van der Waals surface area (Å²) in [5, 5.41) is 21.5. The molecule has 0 saturated carbocycles. The third-order valence-corrected chi connectivity index (χ3v) is 3.64. The molecule has 0 aromatic carbocycles. The van der Waals surface area contributed by atoms with Crippen LogP contribution in [-0.2, 0) is 4.79 Å². The number of thiophene rings is 1. The van der Waals surface area contributed by atoms with Crippen LogP contribution in [-0.4, -0.2) is 34.7 Å². The lowest BCUT2D eigenvalue weighted by Crippen LogP contribution is -2.41. The zero-order valence-electron chi connectivity index (χ0n) is 8.14. The van der Waals surface area contributed by atoms with Gasteiger partial charge in [0.25, 0.3) is 5.91 Å². The Balaban J connectivity index is 2.65. The van der Waals surface area contributed by atoms with E-state index in [1.165, 1.54) is 11.3 Å². The molecule has 7 heteroatoms. The third kappa shape index (κ3) is 3.72. The summed E-state index contributed by atoms with van der Waals surface area (Å²) in [5.74, 6) is -1.58. The average Bonchev–Trinajstić information content (AvgIpc) is 2.64. The van der Waals surface area contributed by atoms with Crippen LogP contribution >= 0.6 is 33.9 Å². The zero-order chi connectivity index (χ0) is 12.1. The monoisotopic (exact) mass is 355 g/mol. The minimum absolute atomic E-state index is 0.00228. The minimum Gasteiger partial charge on any atom is -0.480 e. The van der Waals surface area contributed by atoms with Gasteiger partial charge in [0.15, 0.2) is 0 Å². The number of aliphatic hydroxyl groups is 1. The first-order valence-corrected chi connectivity index (χ1v) is 6.39. The van der Waals surface area contributed by atoms with Crippen molar-refractivity contribution in [3.8, 4) is 0 Å². The number of halogens is 1. The molecule has 0 radical (unpaired) electrons. The molecule has 1 aromatic heterocycles. The highest BCUT2D eigenvalue weighted by molar-refractivity contribution is 14.1.